The minimum absolute atomic E-state index is 0.100. The number of aromatic nitrogens is 2. The van der Waals surface area contributed by atoms with Crippen LogP contribution in [0.1, 0.15) is 25.1 Å². The topological polar surface area (TPSA) is 92.1 Å². The van der Waals surface area contributed by atoms with Crippen molar-refractivity contribution in [3.8, 4) is 0 Å². The second-order valence-corrected chi connectivity index (χ2v) is 6.69. The van der Waals surface area contributed by atoms with E-state index in [2.05, 4.69) is 9.97 Å². The highest BCUT2D eigenvalue weighted by Gasteiger charge is 2.35. The van der Waals surface area contributed by atoms with Crippen LogP contribution >= 0.6 is 12.2 Å². The number of H-pyrrole nitrogens is 1. The second-order valence-electron chi connectivity index (χ2n) is 4.36. The molecule has 0 aliphatic carbocycles. The van der Waals surface area contributed by atoms with Gasteiger partial charge in [0.05, 0.1) is 17.2 Å². The number of piperidine rings is 1. The fourth-order valence-corrected chi connectivity index (χ4v) is 4.08. The number of rotatable bonds is 3. The number of imidazole rings is 1. The summed E-state index contributed by atoms with van der Waals surface area (Å²) in [5, 5.41) is 0.100. The maximum atomic E-state index is 12.5. The molecule has 1 atom stereocenters. The zero-order valence-corrected chi connectivity index (χ0v) is 11.7. The molecule has 1 saturated heterocycles. The molecule has 0 saturated carbocycles. The lowest BCUT2D eigenvalue weighted by Gasteiger charge is -2.33. The van der Waals surface area contributed by atoms with Gasteiger partial charge >= 0.3 is 0 Å². The molecule has 1 aliphatic rings. The standard InChI is InChI=1S/C10H16N4O2S2/c1-7-12-6-9(13-7)18(15,16)14-5-3-2-4-8(14)10(11)17/h6,8H,2-5H2,1H3,(H2,11,17)(H,12,13). The molecule has 100 valence electrons. The van der Waals surface area contributed by atoms with E-state index < -0.39 is 10.0 Å². The first-order valence-corrected chi connectivity index (χ1v) is 7.60. The molecular weight excluding hydrogens is 272 g/mol. The highest BCUT2D eigenvalue weighted by atomic mass is 32.2. The van der Waals surface area contributed by atoms with E-state index in [-0.39, 0.29) is 16.1 Å². The van der Waals surface area contributed by atoms with E-state index in [1.165, 1.54) is 10.5 Å². The molecule has 1 aliphatic heterocycles. The molecule has 3 N–H and O–H groups in total. The Morgan fingerprint density at radius 1 is 1.61 bits per heavy atom. The van der Waals surface area contributed by atoms with Crippen LogP contribution in [0.2, 0.25) is 0 Å². The monoisotopic (exact) mass is 288 g/mol. The second kappa shape index (κ2) is 4.94. The molecule has 1 aromatic heterocycles. The number of nitrogens with two attached hydrogens (primary N) is 1. The molecule has 6 nitrogen and oxygen atoms in total. The lowest BCUT2D eigenvalue weighted by Crippen LogP contribution is -2.49. The third kappa shape index (κ3) is 2.40. The number of nitrogens with one attached hydrogen (secondary N) is 1. The predicted octanol–water partition coefficient (Wildman–Crippen LogP) is 0.547. The molecule has 0 amide bonds. The summed E-state index contributed by atoms with van der Waals surface area (Å²) >= 11 is 4.96. The van der Waals surface area contributed by atoms with Gasteiger partial charge in [0.2, 0.25) is 0 Å². The van der Waals surface area contributed by atoms with Crippen LogP contribution in [-0.2, 0) is 10.0 Å². The van der Waals surface area contributed by atoms with Crippen LogP contribution in [0, 0.1) is 6.92 Å². The minimum Gasteiger partial charge on any atom is -0.392 e. The van der Waals surface area contributed by atoms with E-state index in [1.807, 2.05) is 0 Å². The zero-order chi connectivity index (χ0) is 13.3. The normalized spacial score (nSPS) is 21.9. The fourth-order valence-electron chi connectivity index (χ4n) is 2.13. The smallest absolute Gasteiger partial charge is 0.260 e. The van der Waals surface area contributed by atoms with Crippen molar-refractivity contribution >= 4 is 27.2 Å². The number of hydrogen-bond acceptors (Lipinski definition) is 4. The summed E-state index contributed by atoms with van der Waals surface area (Å²) in [4.78, 5) is 6.90. The molecule has 1 unspecified atom stereocenters. The van der Waals surface area contributed by atoms with E-state index in [1.54, 1.807) is 6.92 Å². The van der Waals surface area contributed by atoms with Crippen LogP contribution in [0.15, 0.2) is 11.2 Å². The Bertz CT molecular complexity index is 552. The molecule has 1 aromatic rings. The number of nitrogens with zero attached hydrogens (tertiary/aromatic N) is 2. The molecule has 1 fully saturated rings. The first-order valence-electron chi connectivity index (χ1n) is 5.75. The summed E-state index contributed by atoms with van der Waals surface area (Å²) in [6.07, 6.45) is 3.78. The lowest BCUT2D eigenvalue weighted by molar-refractivity contribution is 0.306. The number of thiocarbonyl (C=S) groups is 1. The summed E-state index contributed by atoms with van der Waals surface area (Å²) in [6, 6.07) is -0.387. The number of aromatic amines is 1. The van der Waals surface area contributed by atoms with Gasteiger partial charge in [-0.1, -0.05) is 18.6 Å². The highest BCUT2D eigenvalue weighted by molar-refractivity contribution is 7.89. The van der Waals surface area contributed by atoms with E-state index in [9.17, 15) is 8.42 Å². The van der Waals surface area contributed by atoms with Crippen molar-refractivity contribution in [2.75, 3.05) is 6.54 Å². The third-order valence-electron chi connectivity index (χ3n) is 3.05. The van der Waals surface area contributed by atoms with Gasteiger partial charge in [0, 0.05) is 6.54 Å². The summed E-state index contributed by atoms with van der Waals surface area (Å²) in [7, 11) is -3.59. The van der Waals surface area contributed by atoms with Crippen LogP contribution < -0.4 is 5.73 Å². The molecule has 2 rings (SSSR count). The zero-order valence-electron chi connectivity index (χ0n) is 10.1. The van der Waals surface area contributed by atoms with Gasteiger partial charge in [0.1, 0.15) is 5.82 Å². The first kappa shape index (κ1) is 13.4. The van der Waals surface area contributed by atoms with Crippen LogP contribution in [-0.4, -0.2) is 40.3 Å². The Balaban J connectivity index is 2.36. The van der Waals surface area contributed by atoms with Gasteiger partial charge in [0.15, 0.2) is 5.03 Å². The third-order valence-corrected chi connectivity index (χ3v) is 5.14. The van der Waals surface area contributed by atoms with Crippen molar-refractivity contribution in [3.63, 3.8) is 0 Å². The SMILES string of the molecule is Cc1ncc(S(=O)(=O)N2CCCCC2C(N)=S)[nH]1. The quantitative estimate of drug-likeness (QED) is 0.792. The van der Waals surface area contributed by atoms with Gasteiger partial charge in [-0.2, -0.15) is 4.31 Å². The summed E-state index contributed by atoms with van der Waals surface area (Å²) in [5.74, 6) is 0.567. The van der Waals surface area contributed by atoms with Gasteiger partial charge in [-0.05, 0) is 19.8 Å². The Labute approximate surface area is 112 Å². The molecule has 0 bridgehead atoms. The first-order chi connectivity index (χ1) is 8.43. The largest absolute Gasteiger partial charge is 0.392 e. The van der Waals surface area contributed by atoms with Gasteiger partial charge in [-0.3, -0.25) is 0 Å². The van der Waals surface area contributed by atoms with Gasteiger partial charge in [0.25, 0.3) is 10.0 Å². The maximum Gasteiger partial charge on any atom is 0.260 e. The van der Waals surface area contributed by atoms with E-state index in [0.29, 0.717) is 18.8 Å². The van der Waals surface area contributed by atoms with E-state index in [4.69, 9.17) is 18.0 Å². The number of aryl methyl sites for hydroxylation is 1. The highest BCUT2D eigenvalue weighted by Crippen LogP contribution is 2.24. The molecule has 0 radical (unpaired) electrons. The molecule has 0 aromatic carbocycles. The summed E-state index contributed by atoms with van der Waals surface area (Å²) in [6.45, 7) is 2.16. The predicted molar refractivity (Wildman–Crippen MR) is 71.6 cm³/mol. The molecule has 8 heteroatoms. The van der Waals surface area contributed by atoms with Crippen LogP contribution in [0.25, 0.3) is 0 Å². The van der Waals surface area contributed by atoms with Crippen molar-refractivity contribution in [2.45, 2.75) is 37.3 Å². The van der Waals surface area contributed by atoms with Crippen molar-refractivity contribution < 1.29 is 8.42 Å². The van der Waals surface area contributed by atoms with Crippen molar-refractivity contribution in [1.29, 1.82) is 0 Å². The Morgan fingerprint density at radius 3 is 2.89 bits per heavy atom. The lowest BCUT2D eigenvalue weighted by atomic mass is 10.1. The van der Waals surface area contributed by atoms with Crippen molar-refractivity contribution in [1.82, 2.24) is 14.3 Å². The molecule has 0 spiro atoms. The van der Waals surface area contributed by atoms with Gasteiger partial charge in [-0.15, -0.1) is 0 Å². The average molecular weight is 288 g/mol. The Morgan fingerprint density at radius 2 is 2.33 bits per heavy atom. The minimum atomic E-state index is -3.59. The molecule has 2 heterocycles. The maximum absolute atomic E-state index is 12.5. The Kier molecular flexibility index (Phi) is 3.69. The summed E-state index contributed by atoms with van der Waals surface area (Å²) in [5.41, 5.74) is 5.64. The molecule has 18 heavy (non-hydrogen) atoms. The van der Waals surface area contributed by atoms with E-state index >= 15 is 0 Å². The van der Waals surface area contributed by atoms with Crippen molar-refractivity contribution in [3.05, 3.63) is 12.0 Å². The fraction of sp³-hybridized carbons (Fsp3) is 0.600. The van der Waals surface area contributed by atoms with Gasteiger partial charge < -0.3 is 10.7 Å². The van der Waals surface area contributed by atoms with Crippen LogP contribution in [0.5, 0.6) is 0 Å². The van der Waals surface area contributed by atoms with Crippen LogP contribution in [0.3, 0.4) is 0 Å². The number of sulfonamides is 1. The van der Waals surface area contributed by atoms with E-state index in [0.717, 1.165) is 12.8 Å². The summed E-state index contributed by atoms with van der Waals surface area (Å²) < 4.78 is 26.3. The molecular formula is C10H16N4O2S2. The Hall–Kier alpha value is -0.990. The van der Waals surface area contributed by atoms with Crippen LogP contribution in [0.4, 0.5) is 0 Å². The number of hydrogen-bond donors (Lipinski definition) is 2. The average Bonchev–Trinajstić information content (AvgIpc) is 2.76. The van der Waals surface area contributed by atoms with Crippen molar-refractivity contribution in [2.24, 2.45) is 5.73 Å². The van der Waals surface area contributed by atoms with Gasteiger partial charge in [-0.25, -0.2) is 13.4 Å².